The molecule has 1 atom stereocenters. The lowest BCUT2D eigenvalue weighted by molar-refractivity contribution is -0.129. The van der Waals surface area contributed by atoms with Crippen LogP contribution < -0.4 is 4.90 Å². The molecule has 1 aromatic rings. The first-order valence-corrected chi connectivity index (χ1v) is 7.95. The van der Waals surface area contributed by atoms with Crippen molar-refractivity contribution in [1.82, 2.24) is 4.90 Å². The second-order valence-electron chi connectivity index (χ2n) is 6.17. The number of hydrogen-bond donors (Lipinski definition) is 1. The molecule has 5 nitrogen and oxygen atoms in total. The molecule has 2 amide bonds. The Bertz CT molecular complexity index is 556. The molecular weight excluding hydrogens is 280 g/mol. The SMILES string of the molecule is O=C(Cc1ccc(N2CCCC2=O)cc1)N1CCC(CO)C1. The number of amides is 2. The minimum absolute atomic E-state index is 0.112. The summed E-state index contributed by atoms with van der Waals surface area (Å²) in [5, 5.41) is 9.14. The van der Waals surface area contributed by atoms with E-state index in [0.29, 0.717) is 19.4 Å². The summed E-state index contributed by atoms with van der Waals surface area (Å²) in [5.74, 6) is 0.518. The topological polar surface area (TPSA) is 60.9 Å². The first-order valence-electron chi connectivity index (χ1n) is 7.95. The predicted octanol–water partition coefficient (Wildman–Crippen LogP) is 1.20. The minimum Gasteiger partial charge on any atom is -0.396 e. The molecule has 118 valence electrons. The highest BCUT2D eigenvalue weighted by Gasteiger charge is 2.25. The van der Waals surface area contributed by atoms with E-state index in [4.69, 9.17) is 5.11 Å². The molecule has 2 fully saturated rings. The van der Waals surface area contributed by atoms with Crippen molar-refractivity contribution in [2.24, 2.45) is 5.92 Å². The molecule has 0 saturated carbocycles. The molecule has 1 unspecified atom stereocenters. The maximum atomic E-state index is 12.2. The van der Waals surface area contributed by atoms with Crippen LogP contribution in [0.25, 0.3) is 0 Å². The first-order chi connectivity index (χ1) is 10.7. The largest absolute Gasteiger partial charge is 0.396 e. The zero-order chi connectivity index (χ0) is 15.5. The summed E-state index contributed by atoms with van der Waals surface area (Å²) in [6, 6.07) is 7.70. The van der Waals surface area contributed by atoms with Crippen LogP contribution in [0, 0.1) is 5.92 Å². The summed E-state index contributed by atoms with van der Waals surface area (Å²) < 4.78 is 0. The molecule has 2 aliphatic rings. The average molecular weight is 302 g/mol. The third-order valence-corrected chi connectivity index (χ3v) is 4.57. The summed E-state index contributed by atoms with van der Waals surface area (Å²) in [6.45, 7) is 2.34. The summed E-state index contributed by atoms with van der Waals surface area (Å²) >= 11 is 0. The van der Waals surface area contributed by atoms with Gasteiger partial charge < -0.3 is 14.9 Å². The van der Waals surface area contributed by atoms with Gasteiger partial charge in [-0.3, -0.25) is 9.59 Å². The van der Waals surface area contributed by atoms with E-state index in [1.165, 1.54) is 0 Å². The van der Waals surface area contributed by atoms with Crippen LogP contribution >= 0.6 is 0 Å². The van der Waals surface area contributed by atoms with Crippen molar-refractivity contribution in [2.75, 3.05) is 31.1 Å². The number of nitrogens with zero attached hydrogens (tertiary/aromatic N) is 2. The number of hydrogen-bond acceptors (Lipinski definition) is 3. The van der Waals surface area contributed by atoms with Crippen LogP contribution in [0.2, 0.25) is 0 Å². The smallest absolute Gasteiger partial charge is 0.227 e. The zero-order valence-corrected chi connectivity index (χ0v) is 12.7. The van der Waals surface area contributed by atoms with E-state index in [1.54, 1.807) is 4.90 Å². The monoisotopic (exact) mass is 302 g/mol. The Morgan fingerprint density at radius 2 is 2.00 bits per heavy atom. The van der Waals surface area contributed by atoms with Gasteiger partial charge in [0.05, 0.1) is 6.42 Å². The number of rotatable bonds is 4. The quantitative estimate of drug-likeness (QED) is 0.909. The first kappa shape index (κ1) is 15.0. The molecule has 0 bridgehead atoms. The molecular formula is C17H22N2O3. The van der Waals surface area contributed by atoms with Crippen molar-refractivity contribution in [3.63, 3.8) is 0 Å². The molecule has 2 aliphatic heterocycles. The molecule has 1 aromatic carbocycles. The van der Waals surface area contributed by atoms with Gasteiger partial charge in [0, 0.05) is 44.3 Å². The lowest BCUT2D eigenvalue weighted by Crippen LogP contribution is -2.30. The van der Waals surface area contributed by atoms with Gasteiger partial charge in [0.15, 0.2) is 0 Å². The van der Waals surface area contributed by atoms with Crippen LogP contribution in [-0.4, -0.2) is 48.1 Å². The number of aliphatic hydroxyl groups excluding tert-OH is 1. The molecule has 2 saturated heterocycles. The van der Waals surface area contributed by atoms with E-state index in [-0.39, 0.29) is 24.3 Å². The number of anilines is 1. The van der Waals surface area contributed by atoms with E-state index in [1.807, 2.05) is 29.2 Å². The number of carbonyl (C=O) groups excluding carboxylic acids is 2. The fraction of sp³-hybridized carbons (Fsp3) is 0.529. The molecule has 1 N–H and O–H groups in total. The van der Waals surface area contributed by atoms with Gasteiger partial charge >= 0.3 is 0 Å². The Morgan fingerprint density at radius 3 is 2.59 bits per heavy atom. The fourth-order valence-corrected chi connectivity index (χ4v) is 3.21. The zero-order valence-electron chi connectivity index (χ0n) is 12.7. The van der Waals surface area contributed by atoms with E-state index < -0.39 is 0 Å². The highest BCUT2D eigenvalue weighted by atomic mass is 16.3. The van der Waals surface area contributed by atoms with Crippen LogP contribution in [0.3, 0.4) is 0 Å². The van der Waals surface area contributed by atoms with Gasteiger partial charge in [0.2, 0.25) is 11.8 Å². The number of benzene rings is 1. The normalized spacial score (nSPS) is 21.7. The maximum Gasteiger partial charge on any atom is 0.227 e. The van der Waals surface area contributed by atoms with Crippen LogP contribution in [0.1, 0.15) is 24.8 Å². The summed E-state index contributed by atoms with van der Waals surface area (Å²) in [5.41, 5.74) is 1.88. The third kappa shape index (κ3) is 3.14. The van der Waals surface area contributed by atoms with Crippen LogP contribution in [0.4, 0.5) is 5.69 Å². The second-order valence-corrected chi connectivity index (χ2v) is 6.17. The number of aliphatic hydroxyl groups is 1. The van der Waals surface area contributed by atoms with E-state index in [2.05, 4.69) is 0 Å². The predicted molar refractivity (Wildman–Crippen MR) is 83.5 cm³/mol. The Morgan fingerprint density at radius 1 is 1.23 bits per heavy atom. The molecule has 22 heavy (non-hydrogen) atoms. The van der Waals surface area contributed by atoms with Gasteiger partial charge in [0.25, 0.3) is 0 Å². The number of likely N-dealkylation sites (tertiary alicyclic amines) is 1. The van der Waals surface area contributed by atoms with Crippen LogP contribution in [0.5, 0.6) is 0 Å². The highest BCUT2D eigenvalue weighted by Crippen LogP contribution is 2.22. The van der Waals surface area contributed by atoms with E-state index in [9.17, 15) is 9.59 Å². The van der Waals surface area contributed by atoms with Crippen molar-refractivity contribution in [3.8, 4) is 0 Å². The average Bonchev–Trinajstić information content (AvgIpc) is 3.17. The molecule has 3 rings (SSSR count). The molecule has 2 heterocycles. The Kier molecular flexibility index (Phi) is 4.43. The van der Waals surface area contributed by atoms with Crippen molar-refractivity contribution >= 4 is 17.5 Å². The van der Waals surface area contributed by atoms with E-state index >= 15 is 0 Å². The molecule has 5 heteroatoms. The van der Waals surface area contributed by atoms with Crippen molar-refractivity contribution in [1.29, 1.82) is 0 Å². The van der Waals surface area contributed by atoms with Gasteiger partial charge in [-0.25, -0.2) is 0 Å². The standard InChI is InChI=1S/C17H22N2O3/c20-12-14-7-9-18(11-14)17(22)10-13-3-5-15(6-4-13)19-8-1-2-16(19)21/h3-6,14,20H,1-2,7-12H2. The Labute approximate surface area is 130 Å². The third-order valence-electron chi connectivity index (χ3n) is 4.57. The summed E-state index contributed by atoms with van der Waals surface area (Å²) in [7, 11) is 0. The molecule has 0 aliphatic carbocycles. The summed E-state index contributed by atoms with van der Waals surface area (Å²) in [6.07, 6.45) is 2.81. The Hall–Kier alpha value is -1.88. The summed E-state index contributed by atoms with van der Waals surface area (Å²) in [4.78, 5) is 27.6. The Balaban J connectivity index is 1.59. The van der Waals surface area contributed by atoms with Crippen molar-refractivity contribution in [2.45, 2.75) is 25.7 Å². The van der Waals surface area contributed by atoms with Gasteiger partial charge in [-0.15, -0.1) is 0 Å². The van der Waals surface area contributed by atoms with Crippen molar-refractivity contribution in [3.05, 3.63) is 29.8 Å². The number of carbonyl (C=O) groups is 2. The van der Waals surface area contributed by atoms with Crippen molar-refractivity contribution < 1.29 is 14.7 Å². The molecule has 0 radical (unpaired) electrons. The van der Waals surface area contributed by atoms with Crippen LogP contribution in [0.15, 0.2) is 24.3 Å². The maximum absolute atomic E-state index is 12.2. The molecule has 0 aromatic heterocycles. The van der Waals surface area contributed by atoms with Gasteiger partial charge in [-0.2, -0.15) is 0 Å². The fourth-order valence-electron chi connectivity index (χ4n) is 3.21. The van der Waals surface area contributed by atoms with Gasteiger partial charge in [-0.05, 0) is 30.5 Å². The molecule has 0 spiro atoms. The lowest BCUT2D eigenvalue weighted by Gasteiger charge is -2.18. The van der Waals surface area contributed by atoms with E-state index in [0.717, 1.165) is 37.2 Å². The van der Waals surface area contributed by atoms with Gasteiger partial charge in [0.1, 0.15) is 0 Å². The van der Waals surface area contributed by atoms with Gasteiger partial charge in [-0.1, -0.05) is 12.1 Å². The van der Waals surface area contributed by atoms with Crippen LogP contribution in [-0.2, 0) is 16.0 Å². The second kappa shape index (κ2) is 6.48. The lowest BCUT2D eigenvalue weighted by atomic mass is 10.1. The highest BCUT2D eigenvalue weighted by molar-refractivity contribution is 5.95. The minimum atomic E-state index is 0.112.